The van der Waals surface area contributed by atoms with Crippen LogP contribution in [0.3, 0.4) is 0 Å². The molecule has 1 unspecified atom stereocenters. The van der Waals surface area contributed by atoms with Gasteiger partial charge in [-0.3, -0.25) is 9.78 Å². The largest absolute Gasteiger partial charge is 0.324 e. The fourth-order valence-corrected chi connectivity index (χ4v) is 2.82. The smallest absolute Gasteiger partial charge is 0.247 e. The van der Waals surface area contributed by atoms with Crippen LogP contribution in [0.5, 0.6) is 0 Å². The Morgan fingerprint density at radius 3 is 2.54 bits per heavy atom. The highest BCUT2D eigenvalue weighted by Crippen LogP contribution is 2.21. The summed E-state index contributed by atoms with van der Waals surface area (Å²) in [5.41, 5.74) is 2.56. The SMILES string of the molecule is CC(c1ccc2ccccc2n1)N(CC=O)C(=O)/C=C/c1ccccc1. The van der Waals surface area contributed by atoms with Crippen LogP contribution >= 0.6 is 0 Å². The maximum Gasteiger partial charge on any atom is 0.247 e. The molecule has 0 aliphatic carbocycles. The third-order valence-electron chi connectivity index (χ3n) is 4.29. The first-order valence-corrected chi connectivity index (χ1v) is 8.52. The maximum absolute atomic E-state index is 12.6. The minimum atomic E-state index is -0.308. The van der Waals surface area contributed by atoms with E-state index in [1.54, 1.807) is 6.08 Å². The summed E-state index contributed by atoms with van der Waals surface area (Å²) < 4.78 is 0. The Balaban J connectivity index is 1.84. The normalized spacial score (nSPS) is 12.2. The quantitative estimate of drug-likeness (QED) is 0.501. The van der Waals surface area contributed by atoms with E-state index in [1.807, 2.05) is 73.7 Å². The number of aldehydes is 1. The van der Waals surface area contributed by atoms with Crippen LogP contribution in [-0.4, -0.2) is 28.6 Å². The lowest BCUT2D eigenvalue weighted by Crippen LogP contribution is -2.34. The number of benzene rings is 2. The van der Waals surface area contributed by atoms with Gasteiger partial charge < -0.3 is 9.69 Å². The lowest BCUT2D eigenvalue weighted by atomic mass is 10.1. The molecule has 1 atom stereocenters. The van der Waals surface area contributed by atoms with Gasteiger partial charge in [0, 0.05) is 11.5 Å². The summed E-state index contributed by atoms with van der Waals surface area (Å²) in [5, 5.41) is 1.04. The maximum atomic E-state index is 12.6. The molecule has 2 aromatic carbocycles. The van der Waals surface area contributed by atoms with Crippen molar-refractivity contribution < 1.29 is 9.59 Å². The Morgan fingerprint density at radius 1 is 1.04 bits per heavy atom. The van der Waals surface area contributed by atoms with Crippen molar-refractivity contribution in [1.82, 2.24) is 9.88 Å². The van der Waals surface area contributed by atoms with E-state index < -0.39 is 0 Å². The number of hydrogen-bond acceptors (Lipinski definition) is 3. The Hall–Kier alpha value is -3.27. The number of carbonyl (C=O) groups is 2. The van der Waals surface area contributed by atoms with Gasteiger partial charge in [0.2, 0.25) is 5.91 Å². The molecule has 0 saturated heterocycles. The summed E-state index contributed by atoms with van der Waals surface area (Å²) in [6.45, 7) is 1.91. The highest BCUT2D eigenvalue weighted by Gasteiger charge is 2.20. The third-order valence-corrected chi connectivity index (χ3v) is 4.29. The van der Waals surface area contributed by atoms with Crippen molar-refractivity contribution in [2.75, 3.05) is 6.54 Å². The van der Waals surface area contributed by atoms with Gasteiger partial charge >= 0.3 is 0 Å². The fourth-order valence-electron chi connectivity index (χ4n) is 2.82. The Morgan fingerprint density at radius 2 is 1.77 bits per heavy atom. The van der Waals surface area contributed by atoms with E-state index in [2.05, 4.69) is 4.98 Å². The number of rotatable bonds is 6. The van der Waals surface area contributed by atoms with Gasteiger partial charge in [0.1, 0.15) is 6.29 Å². The molecule has 0 aliphatic rings. The highest BCUT2D eigenvalue weighted by atomic mass is 16.2. The molecule has 26 heavy (non-hydrogen) atoms. The predicted octanol–water partition coefficient (Wildman–Crippen LogP) is 4.04. The van der Waals surface area contributed by atoms with Crippen LogP contribution in [0.1, 0.15) is 24.2 Å². The molecule has 1 aromatic heterocycles. The van der Waals surface area contributed by atoms with Gasteiger partial charge in [0.25, 0.3) is 0 Å². The van der Waals surface area contributed by atoms with Gasteiger partial charge in [-0.1, -0.05) is 54.6 Å². The number of nitrogens with zero attached hydrogens (tertiary/aromatic N) is 2. The van der Waals surface area contributed by atoms with E-state index in [4.69, 9.17) is 0 Å². The van der Waals surface area contributed by atoms with Gasteiger partial charge in [-0.2, -0.15) is 0 Å². The van der Waals surface area contributed by atoms with Gasteiger partial charge in [0.15, 0.2) is 0 Å². The molecule has 130 valence electrons. The lowest BCUT2D eigenvalue weighted by Gasteiger charge is -2.26. The second-order valence-electron chi connectivity index (χ2n) is 6.01. The molecular formula is C22H20N2O2. The highest BCUT2D eigenvalue weighted by molar-refractivity contribution is 5.93. The molecule has 0 spiro atoms. The second-order valence-corrected chi connectivity index (χ2v) is 6.01. The molecule has 1 heterocycles. The molecule has 3 aromatic rings. The van der Waals surface area contributed by atoms with Gasteiger partial charge in [-0.05, 0) is 30.7 Å². The van der Waals surface area contributed by atoms with Crippen LogP contribution in [-0.2, 0) is 9.59 Å². The molecule has 4 nitrogen and oxygen atoms in total. The topological polar surface area (TPSA) is 50.3 Å². The van der Waals surface area contributed by atoms with Crippen LogP contribution in [0.4, 0.5) is 0 Å². The summed E-state index contributed by atoms with van der Waals surface area (Å²) >= 11 is 0. The van der Waals surface area contributed by atoms with E-state index in [1.165, 1.54) is 11.0 Å². The number of carbonyl (C=O) groups excluding carboxylic acids is 2. The summed E-state index contributed by atoms with van der Waals surface area (Å²) in [7, 11) is 0. The Labute approximate surface area is 152 Å². The molecular weight excluding hydrogens is 324 g/mol. The molecule has 0 N–H and O–H groups in total. The zero-order valence-electron chi connectivity index (χ0n) is 14.6. The average molecular weight is 344 g/mol. The molecule has 1 amide bonds. The molecule has 0 aliphatic heterocycles. The lowest BCUT2D eigenvalue weighted by molar-refractivity contribution is -0.130. The van der Waals surface area contributed by atoms with Crippen molar-refractivity contribution >= 4 is 29.2 Å². The Bertz CT molecular complexity index is 935. The molecule has 0 radical (unpaired) electrons. The molecule has 3 rings (SSSR count). The number of pyridine rings is 1. The van der Waals surface area contributed by atoms with Crippen LogP contribution in [0.25, 0.3) is 17.0 Å². The number of amides is 1. The van der Waals surface area contributed by atoms with Gasteiger partial charge in [0.05, 0.1) is 23.8 Å². The second kappa shape index (κ2) is 8.21. The van der Waals surface area contributed by atoms with E-state index >= 15 is 0 Å². The molecule has 0 fully saturated rings. The summed E-state index contributed by atoms with van der Waals surface area (Å²) in [6.07, 6.45) is 3.99. The fraction of sp³-hybridized carbons (Fsp3) is 0.136. The van der Waals surface area contributed by atoms with Crippen molar-refractivity contribution in [2.45, 2.75) is 13.0 Å². The zero-order valence-corrected chi connectivity index (χ0v) is 14.6. The number of para-hydroxylation sites is 1. The zero-order chi connectivity index (χ0) is 18.4. The summed E-state index contributed by atoms with van der Waals surface area (Å²) in [6, 6.07) is 21.0. The van der Waals surface area contributed by atoms with Crippen LogP contribution in [0.15, 0.2) is 72.8 Å². The van der Waals surface area contributed by atoms with Crippen LogP contribution in [0.2, 0.25) is 0 Å². The van der Waals surface area contributed by atoms with Crippen molar-refractivity contribution in [3.8, 4) is 0 Å². The predicted molar refractivity (Wildman–Crippen MR) is 103 cm³/mol. The van der Waals surface area contributed by atoms with Crippen molar-refractivity contribution in [3.63, 3.8) is 0 Å². The summed E-state index contributed by atoms with van der Waals surface area (Å²) in [4.78, 5) is 29.9. The van der Waals surface area contributed by atoms with E-state index in [0.717, 1.165) is 28.4 Å². The monoisotopic (exact) mass is 344 g/mol. The van der Waals surface area contributed by atoms with E-state index in [9.17, 15) is 9.59 Å². The van der Waals surface area contributed by atoms with Crippen molar-refractivity contribution in [3.05, 3.63) is 84.1 Å². The van der Waals surface area contributed by atoms with Gasteiger partial charge in [-0.25, -0.2) is 0 Å². The first kappa shape index (κ1) is 17.5. The van der Waals surface area contributed by atoms with Crippen molar-refractivity contribution in [2.24, 2.45) is 0 Å². The number of fused-ring (bicyclic) bond motifs is 1. The molecule has 4 heteroatoms. The third kappa shape index (κ3) is 4.03. The van der Waals surface area contributed by atoms with Crippen LogP contribution in [0, 0.1) is 0 Å². The van der Waals surface area contributed by atoms with Gasteiger partial charge in [-0.15, -0.1) is 0 Å². The van der Waals surface area contributed by atoms with E-state index in [-0.39, 0.29) is 18.5 Å². The number of hydrogen-bond donors (Lipinski definition) is 0. The first-order valence-electron chi connectivity index (χ1n) is 8.52. The van der Waals surface area contributed by atoms with Crippen molar-refractivity contribution in [1.29, 1.82) is 0 Å². The summed E-state index contributed by atoms with van der Waals surface area (Å²) in [5.74, 6) is -0.219. The number of aromatic nitrogens is 1. The average Bonchev–Trinajstić information content (AvgIpc) is 2.70. The standard InChI is InChI=1S/C22H20N2O2/c1-17(20-13-12-19-9-5-6-10-21(19)23-20)24(15-16-25)22(26)14-11-18-7-3-2-4-8-18/h2-14,16-17H,15H2,1H3/b14-11+. The minimum absolute atomic E-state index is 0.0215. The Kier molecular flexibility index (Phi) is 5.54. The van der Waals surface area contributed by atoms with Crippen LogP contribution < -0.4 is 0 Å². The first-order chi connectivity index (χ1) is 12.7. The molecule has 0 saturated carbocycles. The minimum Gasteiger partial charge on any atom is -0.324 e. The molecule has 0 bridgehead atoms. The van der Waals surface area contributed by atoms with E-state index in [0.29, 0.717) is 0 Å².